The third-order valence-electron chi connectivity index (χ3n) is 2.97. The number of rotatable bonds is 4. The molecule has 0 atom stereocenters. The Morgan fingerprint density at radius 2 is 1.77 bits per heavy atom. The van der Waals surface area contributed by atoms with E-state index in [1.165, 1.54) is 25.1 Å². The number of hydrogen-bond acceptors (Lipinski definition) is 5. The standard InChI is InChI=1S/C8H10AsNO5.C8H8O3/c1-5(11)10-6-2-3-7(8(12)4-6)9(13,14)15;9-5-6-2-1-3-7(4-6)8(10)11/h2-4,12H,1H3,(H,10,11)(H2,13,14,15);1-4,9H,5H2,(H,10,11). The first-order valence-corrected chi connectivity index (χ1v) is 10.5. The Hall–Kier alpha value is -2.58. The van der Waals surface area contributed by atoms with Crippen molar-refractivity contribution in [2.24, 2.45) is 0 Å². The van der Waals surface area contributed by atoms with E-state index in [0.717, 1.165) is 12.1 Å². The molecular formula is C16H18AsNO8. The van der Waals surface area contributed by atoms with E-state index in [0.29, 0.717) is 5.56 Å². The molecule has 2 rings (SSSR count). The summed E-state index contributed by atoms with van der Waals surface area (Å²) >= 11 is -5.09. The molecule has 0 aromatic heterocycles. The fraction of sp³-hybridized carbons (Fsp3) is 0.125. The number of carbonyl (C=O) groups is 2. The molecule has 0 saturated carbocycles. The van der Waals surface area contributed by atoms with Gasteiger partial charge >= 0.3 is 94.1 Å². The molecule has 0 aliphatic carbocycles. The molecule has 9 nitrogen and oxygen atoms in total. The largest absolute Gasteiger partial charge is 0.478 e. The molecular weight excluding hydrogens is 409 g/mol. The minimum absolute atomic E-state index is 0.124. The number of hydrogen-bond donors (Lipinski definition) is 6. The molecule has 2 aromatic rings. The van der Waals surface area contributed by atoms with Crippen molar-refractivity contribution in [3.63, 3.8) is 0 Å². The predicted molar refractivity (Wildman–Crippen MR) is 92.2 cm³/mol. The molecule has 6 N–H and O–H groups in total. The monoisotopic (exact) mass is 427 g/mol. The number of aromatic hydroxyl groups is 1. The molecule has 140 valence electrons. The number of aliphatic hydroxyl groups is 1. The van der Waals surface area contributed by atoms with Crippen molar-refractivity contribution in [3.8, 4) is 5.75 Å². The summed E-state index contributed by atoms with van der Waals surface area (Å²) in [5, 5.41) is 28.9. The summed E-state index contributed by atoms with van der Waals surface area (Å²) < 4.78 is 28.2. The van der Waals surface area contributed by atoms with E-state index in [1.54, 1.807) is 12.1 Å². The first-order valence-electron chi connectivity index (χ1n) is 7.14. The van der Waals surface area contributed by atoms with Gasteiger partial charge in [0.15, 0.2) is 0 Å². The summed E-state index contributed by atoms with van der Waals surface area (Å²) in [6.45, 7) is 1.17. The maximum Gasteiger partial charge on any atom is 0.335 e. The van der Waals surface area contributed by atoms with Crippen molar-refractivity contribution in [1.29, 1.82) is 0 Å². The van der Waals surface area contributed by atoms with Crippen LogP contribution in [-0.2, 0) is 15.1 Å². The van der Waals surface area contributed by atoms with Gasteiger partial charge in [-0.05, 0) is 17.7 Å². The molecule has 0 unspecified atom stereocenters. The number of nitrogens with one attached hydrogen (secondary N) is 1. The van der Waals surface area contributed by atoms with E-state index in [2.05, 4.69) is 5.32 Å². The summed E-state index contributed by atoms with van der Waals surface area (Å²) in [6, 6.07) is 9.72. The second kappa shape index (κ2) is 9.21. The zero-order valence-electron chi connectivity index (χ0n) is 13.7. The summed E-state index contributed by atoms with van der Waals surface area (Å²) in [6.07, 6.45) is 0. The predicted octanol–water partition coefficient (Wildman–Crippen LogP) is -0.211. The molecule has 0 saturated heterocycles. The van der Waals surface area contributed by atoms with Crippen molar-refractivity contribution in [2.45, 2.75) is 13.5 Å². The number of carbonyl (C=O) groups excluding carboxylic acids is 1. The molecule has 2 aromatic carbocycles. The Labute approximate surface area is 151 Å². The van der Waals surface area contributed by atoms with E-state index in [-0.39, 0.29) is 23.8 Å². The van der Waals surface area contributed by atoms with Crippen LogP contribution < -0.4 is 9.67 Å². The Kier molecular flexibility index (Phi) is 7.60. The van der Waals surface area contributed by atoms with Crippen molar-refractivity contribution in [1.82, 2.24) is 0 Å². The first kappa shape index (κ1) is 21.5. The molecule has 0 heterocycles. The van der Waals surface area contributed by atoms with Gasteiger partial charge in [-0.2, -0.15) is 0 Å². The van der Waals surface area contributed by atoms with Gasteiger partial charge in [-0.1, -0.05) is 12.1 Å². The molecule has 0 aliphatic heterocycles. The number of phenols is 1. The van der Waals surface area contributed by atoms with Crippen LogP contribution in [0.2, 0.25) is 0 Å². The van der Waals surface area contributed by atoms with Gasteiger partial charge in [0.25, 0.3) is 0 Å². The van der Waals surface area contributed by atoms with Gasteiger partial charge in [-0.25, -0.2) is 4.79 Å². The Bertz CT molecular complexity index is 846. The van der Waals surface area contributed by atoms with Crippen LogP contribution in [0.5, 0.6) is 5.75 Å². The smallest absolute Gasteiger partial charge is 0.335 e. The number of anilines is 1. The third-order valence-corrected chi connectivity index (χ3v) is 5.08. The van der Waals surface area contributed by atoms with Crippen LogP contribution in [0.25, 0.3) is 0 Å². The van der Waals surface area contributed by atoms with Gasteiger partial charge in [-0.15, -0.1) is 0 Å². The van der Waals surface area contributed by atoms with Crippen molar-refractivity contribution >= 4 is 36.1 Å². The molecule has 0 fully saturated rings. The molecule has 0 spiro atoms. The van der Waals surface area contributed by atoms with Crippen molar-refractivity contribution < 1.29 is 36.8 Å². The van der Waals surface area contributed by atoms with E-state index >= 15 is 0 Å². The second-order valence-electron chi connectivity index (χ2n) is 5.09. The van der Waals surface area contributed by atoms with Crippen LogP contribution in [0.3, 0.4) is 0 Å². The number of aromatic carboxylic acids is 1. The third kappa shape index (κ3) is 6.73. The van der Waals surface area contributed by atoms with E-state index in [9.17, 15) is 18.4 Å². The van der Waals surface area contributed by atoms with Gasteiger partial charge in [-0.3, -0.25) is 0 Å². The van der Waals surface area contributed by atoms with Crippen LogP contribution in [0.1, 0.15) is 22.8 Å². The van der Waals surface area contributed by atoms with Gasteiger partial charge < -0.3 is 10.2 Å². The van der Waals surface area contributed by atoms with Crippen molar-refractivity contribution in [2.75, 3.05) is 5.32 Å². The van der Waals surface area contributed by atoms with Gasteiger partial charge in [0.05, 0.1) is 12.2 Å². The molecule has 26 heavy (non-hydrogen) atoms. The van der Waals surface area contributed by atoms with Gasteiger partial charge in [0.2, 0.25) is 0 Å². The molecule has 10 heteroatoms. The second-order valence-corrected chi connectivity index (χ2v) is 8.39. The molecule has 1 amide bonds. The van der Waals surface area contributed by atoms with Crippen LogP contribution in [0, 0.1) is 0 Å². The average molecular weight is 427 g/mol. The van der Waals surface area contributed by atoms with E-state index in [1.807, 2.05) is 0 Å². The minimum atomic E-state index is -5.09. The van der Waals surface area contributed by atoms with E-state index < -0.39 is 30.2 Å². The van der Waals surface area contributed by atoms with Crippen LogP contribution in [0.15, 0.2) is 42.5 Å². The SMILES string of the molecule is CC(=O)Nc1ccc([As](=O)(O)O)c(O)c1.O=C(O)c1cccc(CO)c1. The van der Waals surface area contributed by atoms with Crippen LogP contribution in [0.4, 0.5) is 5.69 Å². The zero-order chi connectivity index (χ0) is 19.9. The minimum Gasteiger partial charge on any atom is -0.478 e. The zero-order valence-corrected chi connectivity index (χ0v) is 15.5. The molecule has 0 bridgehead atoms. The Morgan fingerprint density at radius 3 is 2.23 bits per heavy atom. The molecule has 0 aliphatic rings. The number of amides is 1. The maximum atomic E-state index is 10.9. The van der Waals surface area contributed by atoms with Gasteiger partial charge in [0.1, 0.15) is 0 Å². The topological polar surface area (TPSA) is 164 Å². The Balaban J connectivity index is 0.000000273. The fourth-order valence-corrected chi connectivity index (χ4v) is 3.18. The average Bonchev–Trinajstić information content (AvgIpc) is 2.53. The van der Waals surface area contributed by atoms with Crippen molar-refractivity contribution in [3.05, 3.63) is 53.6 Å². The normalized spacial score (nSPS) is 10.5. The maximum absolute atomic E-state index is 10.9. The number of aliphatic hydroxyl groups excluding tert-OH is 1. The van der Waals surface area contributed by atoms with Crippen LogP contribution >= 0.6 is 0 Å². The number of carboxylic acid groups (broad SMARTS) is 1. The van der Waals surface area contributed by atoms with E-state index in [4.69, 9.17) is 18.4 Å². The summed E-state index contributed by atoms with van der Waals surface area (Å²) in [4.78, 5) is 21.1. The quantitative estimate of drug-likeness (QED) is 0.365. The fourth-order valence-electron chi connectivity index (χ4n) is 1.85. The summed E-state index contributed by atoms with van der Waals surface area (Å²) in [7, 11) is 0. The summed E-state index contributed by atoms with van der Waals surface area (Å²) in [5.41, 5.74) is 1.11. The summed E-state index contributed by atoms with van der Waals surface area (Å²) in [5.74, 6) is -1.82. The number of benzene rings is 2. The molecule has 0 radical (unpaired) electrons. The van der Waals surface area contributed by atoms with Crippen LogP contribution in [-0.4, -0.2) is 49.6 Å². The van der Waals surface area contributed by atoms with Gasteiger partial charge in [0, 0.05) is 0 Å². The number of phenolic OH excluding ortho intramolecular Hbond substituents is 1. The number of carboxylic acids is 1. The Morgan fingerprint density at radius 1 is 1.12 bits per heavy atom. The first-order chi connectivity index (χ1) is 12.0.